The van der Waals surface area contributed by atoms with E-state index in [1.807, 2.05) is 18.2 Å². The van der Waals surface area contributed by atoms with Crippen LogP contribution in [0.2, 0.25) is 0 Å². The van der Waals surface area contributed by atoms with Crippen LogP contribution < -0.4 is 14.4 Å². The van der Waals surface area contributed by atoms with Crippen LogP contribution in [0.4, 0.5) is 5.69 Å². The fourth-order valence-corrected chi connectivity index (χ4v) is 7.63. The van der Waals surface area contributed by atoms with Crippen molar-refractivity contribution < 1.29 is 38.6 Å². The first-order valence-corrected chi connectivity index (χ1v) is 16.0. The highest BCUT2D eigenvalue weighted by molar-refractivity contribution is 6.25. The first-order valence-electron chi connectivity index (χ1n) is 16.0. The lowest BCUT2D eigenvalue weighted by molar-refractivity contribution is -0.123. The Morgan fingerprint density at radius 1 is 0.878 bits per heavy atom. The number of carbonyl (C=O) groups is 5. The lowest BCUT2D eigenvalue weighted by Gasteiger charge is -2.41. The van der Waals surface area contributed by atoms with Crippen molar-refractivity contribution in [3.8, 4) is 17.2 Å². The molecule has 0 radical (unpaired) electrons. The predicted molar refractivity (Wildman–Crippen MR) is 181 cm³/mol. The number of phenols is 1. The SMILES string of the molecule is COc1cc(C=C[C@H]2C3=CC[C@@H]4C(=O)N(c5ccc(C(=O)c6ccccc6)cc5)C(=O)[C@@H]4[C@@H]3CC3=C2C(=O)C(C)=CC3=O)cc(OC)c1O. The molecule has 246 valence electrons. The number of phenolic OH excluding ortho intramolecular Hbond substituents is 1. The van der Waals surface area contributed by atoms with Gasteiger partial charge >= 0.3 is 0 Å². The van der Waals surface area contributed by atoms with Gasteiger partial charge in [-0.25, -0.2) is 0 Å². The van der Waals surface area contributed by atoms with Gasteiger partial charge < -0.3 is 14.6 Å². The summed E-state index contributed by atoms with van der Waals surface area (Å²) in [5.74, 6) is -3.57. The van der Waals surface area contributed by atoms with Gasteiger partial charge in [0.2, 0.25) is 17.6 Å². The standard InChI is InChI=1S/C40H33NO8/c1-21-17-31(42)30-20-29-26(27(34(30)36(21)43)14-9-22-18-32(48-2)38(45)33(19-22)49-3)15-16-28-35(29)40(47)41(39(28)46)25-12-10-24(11-13-25)37(44)23-7-5-4-6-8-23/h4-15,17-19,27-29,35,45H,16,20H2,1-3H3/t27-,28-,29+,35-/m0/s1. The van der Waals surface area contributed by atoms with Gasteiger partial charge in [0.1, 0.15) is 0 Å². The topological polar surface area (TPSA) is 127 Å². The van der Waals surface area contributed by atoms with Crippen LogP contribution in [-0.4, -0.2) is 48.5 Å². The lowest BCUT2D eigenvalue weighted by Crippen LogP contribution is -2.40. The zero-order chi connectivity index (χ0) is 34.6. The maximum absolute atomic E-state index is 14.2. The minimum atomic E-state index is -0.730. The zero-order valence-electron chi connectivity index (χ0n) is 27.1. The van der Waals surface area contributed by atoms with E-state index in [1.54, 1.807) is 73.7 Å². The number of ether oxygens (including phenoxy) is 2. The van der Waals surface area contributed by atoms with Crippen molar-refractivity contribution in [2.45, 2.75) is 19.8 Å². The van der Waals surface area contributed by atoms with Crippen LogP contribution >= 0.6 is 0 Å². The Labute approximate surface area is 282 Å². The number of anilines is 1. The Balaban J connectivity index is 1.24. The van der Waals surface area contributed by atoms with Crippen LogP contribution in [0.3, 0.4) is 0 Å². The van der Waals surface area contributed by atoms with Gasteiger partial charge in [-0.3, -0.25) is 28.9 Å². The van der Waals surface area contributed by atoms with Gasteiger partial charge in [-0.15, -0.1) is 0 Å². The van der Waals surface area contributed by atoms with E-state index in [0.29, 0.717) is 45.5 Å². The molecular weight excluding hydrogens is 622 g/mol. The quantitative estimate of drug-likeness (QED) is 0.146. The van der Waals surface area contributed by atoms with E-state index in [0.717, 1.165) is 5.57 Å². The van der Waals surface area contributed by atoms with Crippen LogP contribution in [0.25, 0.3) is 6.08 Å². The minimum absolute atomic E-state index is 0.147. The predicted octanol–water partition coefficient (Wildman–Crippen LogP) is 5.82. The number of aromatic hydroxyl groups is 1. The number of hydrogen-bond donors (Lipinski definition) is 1. The molecule has 0 spiro atoms. The summed E-state index contributed by atoms with van der Waals surface area (Å²) in [7, 11) is 2.86. The summed E-state index contributed by atoms with van der Waals surface area (Å²) >= 11 is 0. The smallest absolute Gasteiger partial charge is 0.238 e. The molecule has 9 nitrogen and oxygen atoms in total. The molecule has 1 fully saturated rings. The average Bonchev–Trinajstić information content (AvgIpc) is 3.38. The maximum atomic E-state index is 14.2. The van der Waals surface area contributed by atoms with Crippen molar-refractivity contribution in [3.05, 3.63) is 124 Å². The van der Waals surface area contributed by atoms with Crippen molar-refractivity contribution >= 4 is 40.9 Å². The van der Waals surface area contributed by atoms with E-state index in [4.69, 9.17) is 9.47 Å². The first-order chi connectivity index (χ1) is 23.6. The summed E-state index contributed by atoms with van der Waals surface area (Å²) in [5.41, 5.74) is 3.87. The van der Waals surface area contributed by atoms with E-state index in [1.165, 1.54) is 25.2 Å². The third-order valence-electron chi connectivity index (χ3n) is 10.0. The molecule has 1 N–H and O–H groups in total. The summed E-state index contributed by atoms with van der Waals surface area (Å²) in [6.07, 6.45) is 7.35. The number of Topliss-reactive ketones (excluding diaryl/α,β-unsaturated/α-hetero) is 1. The van der Waals surface area contributed by atoms with Crippen molar-refractivity contribution in [2.24, 2.45) is 23.7 Å². The zero-order valence-corrected chi connectivity index (χ0v) is 27.1. The number of fused-ring (bicyclic) bond motifs is 3. The summed E-state index contributed by atoms with van der Waals surface area (Å²) < 4.78 is 10.6. The summed E-state index contributed by atoms with van der Waals surface area (Å²) in [4.78, 5) is 69.3. The number of benzene rings is 3. The average molecular weight is 656 g/mol. The van der Waals surface area contributed by atoms with E-state index < -0.39 is 23.7 Å². The minimum Gasteiger partial charge on any atom is -0.502 e. The molecule has 7 rings (SSSR count). The number of carbonyl (C=O) groups excluding carboxylic acids is 5. The molecule has 0 saturated carbocycles. The number of methoxy groups -OCH3 is 2. The molecular formula is C40H33NO8. The highest BCUT2D eigenvalue weighted by Gasteiger charge is 2.56. The second-order valence-electron chi connectivity index (χ2n) is 12.7. The molecule has 1 saturated heterocycles. The molecule has 3 aromatic carbocycles. The van der Waals surface area contributed by atoms with Crippen molar-refractivity contribution in [2.75, 3.05) is 19.1 Å². The Morgan fingerprint density at radius 3 is 2.18 bits per heavy atom. The largest absolute Gasteiger partial charge is 0.502 e. The molecule has 1 heterocycles. The van der Waals surface area contributed by atoms with Crippen LogP contribution in [0.5, 0.6) is 17.2 Å². The monoisotopic (exact) mass is 655 g/mol. The van der Waals surface area contributed by atoms with E-state index in [2.05, 4.69) is 0 Å². The second-order valence-corrected chi connectivity index (χ2v) is 12.7. The molecule has 3 aliphatic carbocycles. The molecule has 0 aromatic heterocycles. The van der Waals surface area contributed by atoms with E-state index in [9.17, 15) is 29.1 Å². The Morgan fingerprint density at radius 2 is 1.53 bits per heavy atom. The van der Waals surface area contributed by atoms with Crippen LogP contribution in [0.15, 0.2) is 107 Å². The summed E-state index contributed by atoms with van der Waals surface area (Å²) in [5, 5.41) is 10.4. The van der Waals surface area contributed by atoms with Crippen LogP contribution in [0.1, 0.15) is 41.3 Å². The van der Waals surface area contributed by atoms with Gasteiger partial charge in [-0.05, 0) is 73.7 Å². The molecule has 49 heavy (non-hydrogen) atoms. The lowest BCUT2D eigenvalue weighted by atomic mass is 9.60. The number of amides is 2. The molecule has 3 aromatic rings. The second kappa shape index (κ2) is 12.3. The molecule has 4 atom stereocenters. The van der Waals surface area contributed by atoms with Crippen molar-refractivity contribution in [3.63, 3.8) is 0 Å². The molecule has 0 unspecified atom stereocenters. The third-order valence-corrected chi connectivity index (χ3v) is 10.0. The van der Waals surface area contributed by atoms with Crippen molar-refractivity contribution in [1.82, 2.24) is 0 Å². The molecule has 4 aliphatic rings. The molecule has 2 amide bonds. The summed E-state index contributed by atoms with van der Waals surface area (Å²) in [6, 6.07) is 18.6. The first kappa shape index (κ1) is 31.8. The Kier molecular flexibility index (Phi) is 7.98. The van der Waals surface area contributed by atoms with Gasteiger partial charge in [-0.2, -0.15) is 0 Å². The number of ketones is 3. The Hall–Kier alpha value is -5.83. The normalized spacial score (nSPS) is 23.2. The third kappa shape index (κ3) is 5.22. The number of rotatable bonds is 7. The van der Waals surface area contributed by atoms with Crippen LogP contribution in [0, 0.1) is 23.7 Å². The number of hydrogen-bond acceptors (Lipinski definition) is 8. The summed E-state index contributed by atoms with van der Waals surface area (Å²) in [6.45, 7) is 1.62. The van der Waals surface area contributed by atoms with Crippen LogP contribution in [-0.2, 0) is 19.2 Å². The number of nitrogens with zero attached hydrogens (tertiary/aromatic N) is 1. The maximum Gasteiger partial charge on any atom is 0.238 e. The van der Waals surface area contributed by atoms with Gasteiger partial charge in [0, 0.05) is 33.8 Å². The molecule has 0 bridgehead atoms. The fraction of sp³-hybridized carbons (Fsp3) is 0.225. The van der Waals surface area contributed by atoms with E-state index in [-0.39, 0.29) is 52.8 Å². The number of allylic oxidation sites excluding steroid dienone is 7. The molecule has 1 aliphatic heterocycles. The van der Waals surface area contributed by atoms with Gasteiger partial charge in [0.05, 0.1) is 31.7 Å². The van der Waals surface area contributed by atoms with Gasteiger partial charge in [-0.1, -0.05) is 54.1 Å². The number of imide groups is 1. The van der Waals surface area contributed by atoms with E-state index >= 15 is 0 Å². The highest BCUT2D eigenvalue weighted by Crippen LogP contribution is 2.53. The van der Waals surface area contributed by atoms with Gasteiger partial charge in [0.15, 0.2) is 28.8 Å². The Bertz CT molecular complexity index is 2040. The highest BCUT2D eigenvalue weighted by atomic mass is 16.5. The van der Waals surface area contributed by atoms with Crippen molar-refractivity contribution in [1.29, 1.82) is 0 Å². The molecule has 9 heteroatoms. The van der Waals surface area contributed by atoms with Gasteiger partial charge in [0.25, 0.3) is 0 Å². The fourth-order valence-electron chi connectivity index (χ4n) is 7.63.